The zero-order valence-electron chi connectivity index (χ0n) is 11.7. The third-order valence-corrected chi connectivity index (χ3v) is 3.12. The van der Waals surface area contributed by atoms with Crippen molar-refractivity contribution in [3.05, 3.63) is 41.5 Å². The van der Waals surface area contributed by atoms with Crippen molar-refractivity contribution in [2.24, 2.45) is 5.73 Å². The monoisotopic (exact) mass is 338 g/mol. The van der Waals surface area contributed by atoms with Gasteiger partial charge in [0.1, 0.15) is 5.52 Å². The van der Waals surface area contributed by atoms with Crippen LogP contribution in [0.1, 0.15) is 26.5 Å². The quantitative estimate of drug-likeness (QED) is 0.578. The number of halogens is 3. The van der Waals surface area contributed by atoms with E-state index < -0.39 is 23.6 Å². The molecule has 3 rings (SSSR count). The number of primary amides is 1. The minimum Gasteiger partial charge on any atom is -0.363 e. The summed E-state index contributed by atoms with van der Waals surface area (Å²) in [6, 6.07) is 1.39. The fourth-order valence-electron chi connectivity index (χ4n) is 2.08. The molecule has 0 saturated heterocycles. The summed E-state index contributed by atoms with van der Waals surface area (Å²) in [6.07, 6.45) is -1.90. The lowest BCUT2D eigenvalue weighted by Crippen LogP contribution is -2.16. The summed E-state index contributed by atoms with van der Waals surface area (Å²) in [5.74, 6) is -2.13. The second kappa shape index (κ2) is 5.37. The number of carbonyl (C=O) groups is 2. The molecule has 5 N–H and O–H groups in total. The Labute approximate surface area is 131 Å². The number of anilines is 1. The fourth-order valence-corrected chi connectivity index (χ4v) is 2.08. The fraction of sp³-hybridized carbons (Fsp3) is 0.0769. The Kier molecular flexibility index (Phi) is 3.47. The SMILES string of the molecule is NC(=O)c1nc2c(C(=O)Nc3ncc[nH]3)cc(C(F)(F)F)cc2[nH]1. The van der Waals surface area contributed by atoms with Crippen LogP contribution in [0.2, 0.25) is 0 Å². The largest absolute Gasteiger partial charge is 0.416 e. The predicted octanol–water partition coefficient (Wildman–Crippen LogP) is 1.66. The van der Waals surface area contributed by atoms with Crippen LogP contribution in [-0.2, 0) is 6.18 Å². The summed E-state index contributed by atoms with van der Waals surface area (Å²) in [5, 5.41) is 2.30. The Morgan fingerprint density at radius 2 is 2.00 bits per heavy atom. The molecule has 0 aliphatic rings. The maximum absolute atomic E-state index is 13.0. The van der Waals surface area contributed by atoms with Crippen molar-refractivity contribution in [1.82, 2.24) is 19.9 Å². The molecular weight excluding hydrogens is 329 g/mol. The molecule has 124 valence electrons. The Hall–Kier alpha value is -3.37. The Morgan fingerprint density at radius 1 is 1.25 bits per heavy atom. The van der Waals surface area contributed by atoms with Gasteiger partial charge in [-0.1, -0.05) is 0 Å². The van der Waals surface area contributed by atoms with Gasteiger partial charge in [0.15, 0.2) is 5.82 Å². The number of amides is 2. The number of alkyl halides is 3. The molecule has 0 unspecified atom stereocenters. The molecule has 2 aromatic heterocycles. The topological polar surface area (TPSA) is 130 Å². The molecule has 8 nitrogen and oxygen atoms in total. The highest BCUT2D eigenvalue weighted by Gasteiger charge is 2.33. The zero-order chi connectivity index (χ0) is 17.5. The third kappa shape index (κ3) is 2.78. The number of fused-ring (bicyclic) bond motifs is 1. The number of H-pyrrole nitrogens is 2. The average Bonchev–Trinajstić information content (AvgIpc) is 3.13. The summed E-state index contributed by atoms with van der Waals surface area (Å²) < 4.78 is 39.1. The van der Waals surface area contributed by atoms with E-state index in [4.69, 9.17) is 5.73 Å². The number of hydrogen-bond donors (Lipinski definition) is 4. The molecule has 0 fully saturated rings. The van der Waals surface area contributed by atoms with Gasteiger partial charge in [0.25, 0.3) is 11.8 Å². The molecule has 0 aliphatic heterocycles. The highest BCUT2D eigenvalue weighted by molar-refractivity contribution is 6.11. The van der Waals surface area contributed by atoms with E-state index >= 15 is 0 Å². The van der Waals surface area contributed by atoms with Crippen LogP contribution in [0.5, 0.6) is 0 Å². The number of hydrogen-bond acceptors (Lipinski definition) is 4. The first-order valence-corrected chi connectivity index (χ1v) is 6.47. The predicted molar refractivity (Wildman–Crippen MR) is 76.2 cm³/mol. The van der Waals surface area contributed by atoms with Crippen LogP contribution in [0, 0.1) is 0 Å². The van der Waals surface area contributed by atoms with Crippen LogP contribution >= 0.6 is 0 Å². The van der Waals surface area contributed by atoms with E-state index in [1.54, 1.807) is 0 Å². The number of nitrogens with one attached hydrogen (secondary N) is 3. The van der Waals surface area contributed by atoms with E-state index in [0.29, 0.717) is 6.07 Å². The summed E-state index contributed by atoms with van der Waals surface area (Å²) in [6.45, 7) is 0. The van der Waals surface area contributed by atoms with E-state index in [9.17, 15) is 22.8 Å². The van der Waals surface area contributed by atoms with Gasteiger partial charge in [-0.15, -0.1) is 0 Å². The molecule has 1 aromatic carbocycles. The molecule has 2 amide bonds. The van der Waals surface area contributed by atoms with Gasteiger partial charge in [-0.05, 0) is 12.1 Å². The highest BCUT2D eigenvalue weighted by atomic mass is 19.4. The lowest BCUT2D eigenvalue weighted by Gasteiger charge is -2.09. The molecule has 3 aromatic rings. The number of rotatable bonds is 3. The van der Waals surface area contributed by atoms with Crippen molar-refractivity contribution in [3.8, 4) is 0 Å². The smallest absolute Gasteiger partial charge is 0.363 e. The van der Waals surface area contributed by atoms with Gasteiger partial charge in [-0.25, -0.2) is 9.97 Å². The second-order valence-corrected chi connectivity index (χ2v) is 4.76. The molecule has 0 radical (unpaired) electrons. The second-order valence-electron chi connectivity index (χ2n) is 4.76. The summed E-state index contributed by atoms with van der Waals surface area (Å²) in [4.78, 5) is 36.0. The Morgan fingerprint density at radius 3 is 2.58 bits per heavy atom. The molecule has 2 heterocycles. The molecular formula is C13H9F3N6O2. The van der Waals surface area contributed by atoms with Crippen LogP contribution in [-0.4, -0.2) is 31.8 Å². The molecule has 0 bridgehead atoms. The van der Waals surface area contributed by atoms with Crippen LogP contribution in [0.15, 0.2) is 24.5 Å². The first-order chi connectivity index (χ1) is 11.3. The van der Waals surface area contributed by atoms with E-state index in [0.717, 1.165) is 6.07 Å². The zero-order valence-corrected chi connectivity index (χ0v) is 11.7. The number of benzene rings is 1. The number of nitrogens with zero attached hydrogens (tertiary/aromatic N) is 2. The van der Waals surface area contributed by atoms with Gasteiger partial charge < -0.3 is 15.7 Å². The van der Waals surface area contributed by atoms with Crippen LogP contribution in [0.4, 0.5) is 19.1 Å². The van der Waals surface area contributed by atoms with Crippen molar-refractivity contribution in [1.29, 1.82) is 0 Å². The normalized spacial score (nSPS) is 11.6. The highest BCUT2D eigenvalue weighted by Crippen LogP contribution is 2.33. The number of carbonyl (C=O) groups excluding carboxylic acids is 2. The van der Waals surface area contributed by atoms with Crippen molar-refractivity contribution in [2.45, 2.75) is 6.18 Å². The lowest BCUT2D eigenvalue weighted by atomic mass is 10.1. The van der Waals surface area contributed by atoms with Gasteiger partial charge in [-0.3, -0.25) is 14.9 Å². The van der Waals surface area contributed by atoms with Gasteiger partial charge in [0, 0.05) is 12.4 Å². The molecule has 0 spiro atoms. The van der Waals surface area contributed by atoms with Crippen molar-refractivity contribution in [3.63, 3.8) is 0 Å². The van der Waals surface area contributed by atoms with E-state index in [1.165, 1.54) is 12.4 Å². The molecule has 0 aliphatic carbocycles. The minimum absolute atomic E-state index is 0.0521. The number of nitrogens with two attached hydrogens (primary N) is 1. The number of aromatic amines is 2. The van der Waals surface area contributed by atoms with Crippen LogP contribution in [0.25, 0.3) is 11.0 Å². The van der Waals surface area contributed by atoms with E-state index in [-0.39, 0.29) is 28.4 Å². The van der Waals surface area contributed by atoms with Crippen LogP contribution in [0.3, 0.4) is 0 Å². The summed E-state index contributed by atoms with van der Waals surface area (Å²) in [5.41, 5.74) is 3.38. The van der Waals surface area contributed by atoms with Gasteiger partial charge >= 0.3 is 6.18 Å². The van der Waals surface area contributed by atoms with Crippen LogP contribution < -0.4 is 11.1 Å². The Bertz CT molecular complexity index is 929. The van der Waals surface area contributed by atoms with E-state index in [1.807, 2.05) is 0 Å². The molecule has 0 saturated carbocycles. The van der Waals surface area contributed by atoms with Gasteiger partial charge in [0.2, 0.25) is 5.95 Å². The average molecular weight is 338 g/mol. The third-order valence-electron chi connectivity index (χ3n) is 3.12. The standard InChI is InChI=1S/C13H9F3N6O2/c14-13(15,16)5-3-6(11(24)22-12-18-1-2-19-12)8-7(4-5)20-10(21-8)9(17)23/h1-4H,(H2,17,23)(H,20,21)(H2,18,19,22,24). The van der Waals surface area contributed by atoms with Gasteiger partial charge in [-0.2, -0.15) is 13.2 Å². The van der Waals surface area contributed by atoms with Crippen molar-refractivity contribution >= 4 is 28.8 Å². The molecule has 0 atom stereocenters. The van der Waals surface area contributed by atoms with Crippen molar-refractivity contribution < 1.29 is 22.8 Å². The molecule has 24 heavy (non-hydrogen) atoms. The first kappa shape index (κ1) is 15.5. The number of imidazole rings is 2. The first-order valence-electron chi connectivity index (χ1n) is 6.47. The van der Waals surface area contributed by atoms with E-state index in [2.05, 4.69) is 25.3 Å². The Balaban J connectivity index is 2.15. The lowest BCUT2D eigenvalue weighted by molar-refractivity contribution is -0.137. The van der Waals surface area contributed by atoms with Crippen molar-refractivity contribution in [2.75, 3.05) is 5.32 Å². The maximum Gasteiger partial charge on any atom is 0.416 e. The molecule has 11 heteroatoms. The summed E-state index contributed by atoms with van der Waals surface area (Å²) >= 11 is 0. The number of aromatic nitrogens is 4. The minimum atomic E-state index is -4.69. The van der Waals surface area contributed by atoms with Gasteiger partial charge in [0.05, 0.1) is 16.6 Å². The maximum atomic E-state index is 13.0. The summed E-state index contributed by atoms with van der Waals surface area (Å²) in [7, 11) is 0.